The number of hydrogen-bond donors (Lipinski definition) is 1. The summed E-state index contributed by atoms with van der Waals surface area (Å²) in [6.45, 7) is 1.88. The maximum absolute atomic E-state index is 13.7. The van der Waals surface area contributed by atoms with E-state index < -0.39 is 11.6 Å². The van der Waals surface area contributed by atoms with Crippen molar-refractivity contribution in [2.24, 2.45) is 0 Å². The number of hydrogen-bond acceptors (Lipinski definition) is 3. The van der Waals surface area contributed by atoms with Crippen LogP contribution in [-0.2, 0) is 6.54 Å². The fraction of sp³-hybridized carbons (Fsp3) is 0.154. The highest BCUT2D eigenvalue weighted by molar-refractivity contribution is 7.10. The summed E-state index contributed by atoms with van der Waals surface area (Å²) in [5.74, 6) is -1.19. The summed E-state index contributed by atoms with van der Waals surface area (Å²) in [6, 6.07) is 6.34. The van der Waals surface area contributed by atoms with E-state index in [4.69, 9.17) is 5.26 Å². The lowest BCUT2D eigenvalue weighted by molar-refractivity contribution is 0.582. The van der Waals surface area contributed by atoms with Crippen LogP contribution in [0.5, 0.6) is 0 Å². The van der Waals surface area contributed by atoms with Crippen molar-refractivity contribution in [2.75, 3.05) is 5.32 Å². The van der Waals surface area contributed by atoms with Gasteiger partial charge < -0.3 is 5.32 Å². The van der Waals surface area contributed by atoms with Crippen molar-refractivity contribution in [3.05, 3.63) is 51.2 Å². The fourth-order valence-electron chi connectivity index (χ4n) is 1.53. The minimum Gasteiger partial charge on any atom is -0.375 e. The zero-order chi connectivity index (χ0) is 13.1. The maximum atomic E-state index is 13.7. The molecule has 0 saturated carbocycles. The molecule has 0 aliphatic rings. The number of nitriles is 1. The lowest BCUT2D eigenvalue weighted by Crippen LogP contribution is -2.03. The van der Waals surface area contributed by atoms with Gasteiger partial charge in [-0.05, 0) is 24.6 Å². The van der Waals surface area contributed by atoms with Gasteiger partial charge in [0, 0.05) is 16.8 Å². The molecule has 1 N–H and O–H groups in total. The average Bonchev–Trinajstić information content (AvgIpc) is 2.82. The Balaban J connectivity index is 2.16. The van der Waals surface area contributed by atoms with Crippen molar-refractivity contribution in [3.63, 3.8) is 0 Å². The van der Waals surface area contributed by atoms with Gasteiger partial charge in [0.2, 0.25) is 0 Å². The summed E-state index contributed by atoms with van der Waals surface area (Å²) < 4.78 is 27.1. The second kappa shape index (κ2) is 5.15. The second-order valence-electron chi connectivity index (χ2n) is 3.82. The Morgan fingerprint density at radius 2 is 2.17 bits per heavy atom. The van der Waals surface area contributed by atoms with Crippen LogP contribution in [0, 0.1) is 29.9 Å². The Labute approximate surface area is 107 Å². The molecule has 2 aromatic rings. The van der Waals surface area contributed by atoms with E-state index >= 15 is 0 Å². The molecule has 0 aliphatic carbocycles. The minimum atomic E-state index is -0.616. The molecule has 0 aliphatic heterocycles. The highest BCUT2D eigenvalue weighted by Crippen LogP contribution is 2.23. The molecule has 0 amide bonds. The standard InChI is InChI=1S/C13H10F2N2S/c1-8-2-3-11(14)13(12(8)15)17-6-10-4-9(5-16)7-18-10/h2-4,7,17H,6H2,1H3. The van der Waals surface area contributed by atoms with Crippen LogP contribution in [0.4, 0.5) is 14.5 Å². The summed E-state index contributed by atoms with van der Waals surface area (Å²) in [5, 5.41) is 13.1. The number of anilines is 1. The molecule has 5 heteroatoms. The van der Waals surface area contributed by atoms with Crippen LogP contribution in [0.3, 0.4) is 0 Å². The fourth-order valence-corrected chi connectivity index (χ4v) is 2.28. The molecule has 0 bridgehead atoms. The first-order chi connectivity index (χ1) is 8.61. The Morgan fingerprint density at radius 1 is 1.39 bits per heavy atom. The Bertz CT molecular complexity index is 614. The maximum Gasteiger partial charge on any atom is 0.152 e. The van der Waals surface area contributed by atoms with Gasteiger partial charge in [-0.3, -0.25) is 0 Å². The molecule has 2 nitrogen and oxygen atoms in total. The van der Waals surface area contributed by atoms with Gasteiger partial charge >= 0.3 is 0 Å². The first kappa shape index (κ1) is 12.5. The lowest BCUT2D eigenvalue weighted by Gasteiger charge is -2.09. The molecular weight excluding hydrogens is 254 g/mol. The minimum absolute atomic E-state index is 0.123. The van der Waals surface area contributed by atoms with Gasteiger partial charge in [0.25, 0.3) is 0 Å². The number of halogens is 2. The molecule has 92 valence electrons. The normalized spacial score (nSPS) is 10.1. The van der Waals surface area contributed by atoms with Crippen LogP contribution in [0.1, 0.15) is 16.0 Å². The smallest absolute Gasteiger partial charge is 0.152 e. The van der Waals surface area contributed by atoms with E-state index in [9.17, 15) is 8.78 Å². The van der Waals surface area contributed by atoms with E-state index in [2.05, 4.69) is 5.32 Å². The highest BCUT2D eigenvalue weighted by Gasteiger charge is 2.11. The summed E-state index contributed by atoms with van der Waals surface area (Å²) in [7, 11) is 0. The average molecular weight is 264 g/mol. The van der Waals surface area contributed by atoms with E-state index in [-0.39, 0.29) is 5.69 Å². The van der Waals surface area contributed by atoms with Crippen molar-refractivity contribution < 1.29 is 8.78 Å². The topological polar surface area (TPSA) is 35.8 Å². The molecule has 0 radical (unpaired) electrons. The zero-order valence-electron chi connectivity index (χ0n) is 9.63. The Hall–Kier alpha value is -1.93. The number of rotatable bonds is 3. The third-order valence-corrected chi connectivity index (χ3v) is 3.44. The van der Waals surface area contributed by atoms with Crippen molar-refractivity contribution in [2.45, 2.75) is 13.5 Å². The van der Waals surface area contributed by atoms with Crippen LogP contribution < -0.4 is 5.32 Å². The summed E-state index contributed by atoms with van der Waals surface area (Å²) in [6.07, 6.45) is 0. The van der Waals surface area contributed by atoms with E-state index in [1.807, 2.05) is 6.07 Å². The molecule has 0 unspecified atom stereocenters. The van der Waals surface area contributed by atoms with Crippen LogP contribution >= 0.6 is 11.3 Å². The molecule has 18 heavy (non-hydrogen) atoms. The third kappa shape index (κ3) is 2.49. The Morgan fingerprint density at radius 3 is 2.83 bits per heavy atom. The molecule has 1 heterocycles. The number of nitrogens with zero attached hydrogens (tertiary/aromatic N) is 1. The van der Waals surface area contributed by atoms with Crippen molar-refractivity contribution in [1.29, 1.82) is 5.26 Å². The monoisotopic (exact) mass is 264 g/mol. The van der Waals surface area contributed by atoms with Gasteiger partial charge in [-0.15, -0.1) is 11.3 Å². The number of nitrogens with one attached hydrogen (secondary N) is 1. The zero-order valence-corrected chi connectivity index (χ0v) is 10.4. The van der Waals surface area contributed by atoms with Gasteiger partial charge in [0.05, 0.1) is 5.56 Å². The first-order valence-electron chi connectivity index (χ1n) is 5.28. The molecular formula is C13H10F2N2S. The number of aryl methyl sites for hydroxylation is 1. The summed E-state index contributed by atoms with van der Waals surface area (Å²) in [5.41, 5.74) is 0.826. The molecule has 0 saturated heterocycles. The molecule has 1 aromatic heterocycles. The van der Waals surface area contributed by atoms with E-state index in [0.717, 1.165) is 4.88 Å². The largest absolute Gasteiger partial charge is 0.375 e. The van der Waals surface area contributed by atoms with Gasteiger partial charge in [0.15, 0.2) is 5.82 Å². The summed E-state index contributed by atoms with van der Waals surface area (Å²) >= 11 is 1.38. The molecule has 0 spiro atoms. The van der Waals surface area contributed by atoms with Gasteiger partial charge in [0.1, 0.15) is 17.6 Å². The molecule has 0 fully saturated rings. The molecule has 1 aromatic carbocycles. The predicted molar refractivity (Wildman–Crippen MR) is 67.5 cm³/mol. The predicted octanol–water partition coefficient (Wildman–Crippen LogP) is 3.82. The van der Waals surface area contributed by atoms with E-state index in [0.29, 0.717) is 17.7 Å². The van der Waals surface area contributed by atoms with Crippen LogP contribution in [0.2, 0.25) is 0 Å². The van der Waals surface area contributed by atoms with Gasteiger partial charge in [-0.2, -0.15) is 5.26 Å². The van der Waals surface area contributed by atoms with Gasteiger partial charge in [-0.1, -0.05) is 6.07 Å². The highest BCUT2D eigenvalue weighted by atomic mass is 32.1. The van der Waals surface area contributed by atoms with Crippen molar-refractivity contribution in [3.8, 4) is 6.07 Å². The summed E-state index contributed by atoms with van der Waals surface area (Å²) in [4.78, 5) is 0.854. The van der Waals surface area contributed by atoms with Crippen molar-refractivity contribution in [1.82, 2.24) is 0 Å². The first-order valence-corrected chi connectivity index (χ1v) is 6.15. The van der Waals surface area contributed by atoms with Crippen LogP contribution in [0.15, 0.2) is 23.6 Å². The van der Waals surface area contributed by atoms with Crippen molar-refractivity contribution >= 4 is 17.0 Å². The molecule has 2 rings (SSSR count). The van der Waals surface area contributed by atoms with Gasteiger partial charge in [-0.25, -0.2) is 8.78 Å². The van der Waals surface area contributed by atoms with Crippen LogP contribution in [0.25, 0.3) is 0 Å². The van der Waals surface area contributed by atoms with E-state index in [1.54, 1.807) is 18.4 Å². The SMILES string of the molecule is Cc1ccc(F)c(NCc2cc(C#N)cs2)c1F. The number of benzene rings is 1. The second-order valence-corrected chi connectivity index (χ2v) is 4.82. The van der Waals surface area contributed by atoms with Crippen LogP contribution in [-0.4, -0.2) is 0 Å². The number of thiophene rings is 1. The van der Waals surface area contributed by atoms with E-state index in [1.165, 1.54) is 23.5 Å². The quantitative estimate of drug-likeness (QED) is 0.914. The lowest BCUT2D eigenvalue weighted by atomic mass is 10.2. The molecule has 0 atom stereocenters. The Kier molecular flexibility index (Phi) is 3.58. The third-order valence-electron chi connectivity index (χ3n) is 2.51.